The molecule has 1 aromatic carbocycles. The maximum absolute atomic E-state index is 11.5. The van der Waals surface area contributed by atoms with E-state index in [2.05, 4.69) is 34.1 Å². The monoisotopic (exact) mass is 369 g/mol. The maximum atomic E-state index is 11.5. The molecule has 0 spiro atoms. The van der Waals surface area contributed by atoms with Crippen LogP contribution in [0.15, 0.2) is 48.7 Å². The van der Waals surface area contributed by atoms with Gasteiger partial charge in [0.2, 0.25) is 0 Å². The van der Waals surface area contributed by atoms with Crippen molar-refractivity contribution in [1.29, 1.82) is 0 Å². The lowest BCUT2D eigenvalue weighted by Crippen LogP contribution is -2.54. The summed E-state index contributed by atoms with van der Waals surface area (Å²) in [6.45, 7) is 3.37. The van der Waals surface area contributed by atoms with Crippen LogP contribution in [0.3, 0.4) is 0 Å². The number of benzene rings is 1. The Balaban J connectivity index is 1.62. The molecule has 1 aliphatic rings. The second-order valence-electron chi connectivity index (χ2n) is 6.92. The third-order valence-corrected chi connectivity index (χ3v) is 5.14. The van der Waals surface area contributed by atoms with Gasteiger partial charge in [-0.05, 0) is 43.5 Å². The Morgan fingerprint density at radius 3 is 2.70 bits per heavy atom. The van der Waals surface area contributed by atoms with Gasteiger partial charge in [0.05, 0.1) is 0 Å². The first-order chi connectivity index (χ1) is 13.2. The first-order valence-corrected chi connectivity index (χ1v) is 9.51. The maximum Gasteiger partial charge on any atom is 0.339 e. The van der Waals surface area contributed by atoms with Gasteiger partial charge < -0.3 is 15.1 Å². The van der Waals surface area contributed by atoms with Crippen LogP contribution in [0.2, 0.25) is 0 Å². The number of nitrogens with zero attached hydrogens (tertiary/aromatic N) is 3. The number of piperazine rings is 1. The molecule has 0 radical (unpaired) electrons. The molecular weight excluding hydrogens is 342 g/mol. The molecule has 1 aliphatic heterocycles. The van der Waals surface area contributed by atoms with Crippen molar-refractivity contribution in [2.75, 3.05) is 37.7 Å². The number of hydrogen-bond acceptors (Lipinski definition) is 5. The normalized spacial score (nSPS) is 17.8. The van der Waals surface area contributed by atoms with Crippen LogP contribution in [0, 0.1) is 0 Å². The highest BCUT2D eigenvalue weighted by Crippen LogP contribution is 2.22. The molecule has 27 heavy (non-hydrogen) atoms. The highest BCUT2D eigenvalue weighted by molar-refractivity contribution is 5.93. The number of aromatic carboxylic acids is 1. The van der Waals surface area contributed by atoms with E-state index in [4.69, 9.17) is 0 Å². The van der Waals surface area contributed by atoms with Crippen molar-refractivity contribution in [2.45, 2.75) is 25.3 Å². The molecule has 1 saturated heterocycles. The summed E-state index contributed by atoms with van der Waals surface area (Å²) in [5.74, 6) is -0.432. The number of aliphatic hydroxyl groups is 1. The number of aliphatic hydroxyl groups excluding tert-OH is 1. The predicted octanol–water partition coefficient (Wildman–Crippen LogP) is 2.29. The van der Waals surface area contributed by atoms with Crippen LogP contribution in [-0.4, -0.2) is 64.9 Å². The van der Waals surface area contributed by atoms with Gasteiger partial charge in [0.25, 0.3) is 0 Å². The highest BCUT2D eigenvalue weighted by Gasteiger charge is 2.29. The minimum atomic E-state index is -0.956. The summed E-state index contributed by atoms with van der Waals surface area (Å²) in [6, 6.07) is 13.9. The van der Waals surface area contributed by atoms with Gasteiger partial charge in [-0.2, -0.15) is 0 Å². The van der Waals surface area contributed by atoms with Crippen molar-refractivity contribution >= 4 is 11.8 Å². The molecule has 0 saturated carbocycles. The number of carbonyl (C=O) groups is 1. The van der Waals surface area contributed by atoms with Gasteiger partial charge in [-0.3, -0.25) is 4.90 Å². The van der Waals surface area contributed by atoms with Crippen molar-refractivity contribution in [3.05, 3.63) is 59.8 Å². The Morgan fingerprint density at radius 1 is 1.15 bits per heavy atom. The Morgan fingerprint density at radius 2 is 1.96 bits per heavy atom. The number of pyridine rings is 1. The molecule has 0 bridgehead atoms. The van der Waals surface area contributed by atoms with E-state index in [9.17, 15) is 15.0 Å². The van der Waals surface area contributed by atoms with Gasteiger partial charge in [0, 0.05) is 38.5 Å². The van der Waals surface area contributed by atoms with Crippen molar-refractivity contribution in [3.63, 3.8) is 0 Å². The third kappa shape index (κ3) is 5.05. The minimum absolute atomic E-state index is 0.127. The number of hydrogen-bond donors (Lipinski definition) is 2. The minimum Gasteiger partial charge on any atom is -0.478 e. The molecule has 2 aromatic rings. The number of carboxylic acid groups (broad SMARTS) is 1. The van der Waals surface area contributed by atoms with Gasteiger partial charge >= 0.3 is 5.97 Å². The first kappa shape index (κ1) is 19.3. The fourth-order valence-electron chi connectivity index (χ4n) is 3.75. The molecule has 1 aromatic heterocycles. The average Bonchev–Trinajstić information content (AvgIpc) is 2.70. The SMILES string of the molecule is O=C(O)c1cccnc1N1CCN(CCCc2ccccc2)[C@@H](CCO)C1. The summed E-state index contributed by atoms with van der Waals surface area (Å²) < 4.78 is 0. The number of rotatable bonds is 8. The lowest BCUT2D eigenvalue weighted by molar-refractivity contribution is 0.0696. The Kier molecular flexibility index (Phi) is 6.79. The van der Waals surface area contributed by atoms with Gasteiger partial charge in [-0.15, -0.1) is 0 Å². The fourth-order valence-corrected chi connectivity index (χ4v) is 3.75. The van der Waals surface area contributed by atoms with Crippen LogP contribution < -0.4 is 4.90 Å². The quantitative estimate of drug-likeness (QED) is 0.743. The molecule has 0 amide bonds. The van der Waals surface area contributed by atoms with Crippen LogP contribution in [-0.2, 0) is 6.42 Å². The largest absolute Gasteiger partial charge is 0.478 e. The zero-order valence-electron chi connectivity index (χ0n) is 15.5. The van der Waals surface area contributed by atoms with E-state index >= 15 is 0 Å². The summed E-state index contributed by atoms with van der Waals surface area (Å²) in [5, 5.41) is 18.9. The molecule has 2 heterocycles. The van der Waals surface area contributed by atoms with Crippen LogP contribution in [0.1, 0.15) is 28.8 Å². The number of aromatic nitrogens is 1. The Hall–Kier alpha value is -2.44. The van der Waals surface area contributed by atoms with Crippen molar-refractivity contribution < 1.29 is 15.0 Å². The van der Waals surface area contributed by atoms with E-state index in [0.29, 0.717) is 18.8 Å². The Bertz CT molecular complexity index is 738. The summed E-state index contributed by atoms with van der Waals surface area (Å²) in [4.78, 5) is 20.3. The Labute approximate surface area is 160 Å². The standard InChI is InChI=1S/C21H27N3O3/c25-15-10-18-16-24(20-19(21(26)27)9-4-11-22-20)14-13-23(18)12-5-8-17-6-2-1-3-7-17/h1-4,6-7,9,11,18,25H,5,8,10,12-16H2,(H,26,27)/t18-/m0/s1. The average molecular weight is 369 g/mol. The van der Waals surface area contributed by atoms with E-state index in [1.54, 1.807) is 18.3 Å². The molecule has 1 fully saturated rings. The van der Waals surface area contributed by atoms with Crippen LogP contribution >= 0.6 is 0 Å². The predicted molar refractivity (Wildman–Crippen MR) is 105 cm³/mol. The van der Waals surface area contributed by atoms with E-state index in [1.165, 1.54) is 5.56 Å². The summed E-state index contributed by atoms with van der Waals surface area (Å²) in [5.41, 5.74) is 1.58. The van der Waals surface area contributed by atoms with E-state index in [1.807, 2.05) is 11.0 Å². The van der Waals surface area contributed by atoms with Crippen LogP contribution in [0.25, 0.3) is 0 Å². The molecule has 0 unspecified atom stereocenters. The topological polar surface area (TPSA) is 76.9 Å². The van der Waals surface area contributed by atoms with E-state index < -0.39 is 5.97 Å². The molecular formula is C21H27N3O3. The summed E-state index contributed by atoms with van der Waals surface area (Å²) >= 11 is 0. The molecule has 6 heteroatoms. The van der Waals surface area contributed by atoms with Crippen LogP contribution in [0.4, 0.5) is 5.82 Å². The van der Waals surface area contributed by atoms with Gasteiger partial charge in [-0.25, -0.2) is 9.78 Å². The lowest BCUT2D eigenvalue weighted by Gasteiger charge is -2.42. The molecule has 0 aliphatic carbocycles. The van der Waals surface area contributed by atoms with Crippen molar-refractivity contribution in [1.82, 2.24) is 9.88 Å². The molecule has 144 valence electrons. The molecule has 2 N–H and O–H groups in total. The smallest absolute Gasteiger partial charge is 0.339 e. The highest BCUT2D eigenvalue weighted by atomic mass is 16.4. The summed E-state index contributed by atoms with van der Waals surface area (Å²) in [7, 11) is 0. The third-order valence-electron chi connectivity index (χ3n) is 5.14. The van der Waals surface area contributed by atoms with E-state index in [0.717, 1.165) is 32.5 Å². The van der Waals surface area contributed by atoms with Crippen LogP contribution in [0.5, 0.6) is 0 Å². The molecule has 3 rings (SSSR count). The second-order valence-corrected chi connectivity index (χ2v) is 6.92. The number of anilines is 1. The summed E-state index contributed by atoms with van der Waals surface area (Å²) in [6.07, 6.45) is 4.42. The zero-order valence-corrected chi connectivity index (χ0v) is 15.5. The van der Waals surface area contributed by atoms with Gasteiger partial charge in [0.15, 0.2) is 0 Å². The fraction of sp³-hybridized carbons (Fsp3) is 0.429. The molecule has 1 atom stereocenters. The number of aryl methyl sites for hydroxylation is 1. The van der Waals surface area contributed by atoms with Gasteiger partial charge in [0.1, 0.15) is 11.4 Å². The van der Waals surface area contributed by atoms with Gasteiger partial charge in [-0.1, -0.05) is 30.3 Å². The van der Waals surface area contributed by atoms with Crippen molar-refractivity contribution in [2.24, 2.45) is 0 Å². The van der Waals surface area contributed by atoms with E-state index in [-0.39, 0.29) is 18.2 Å². The molecule has 6 nitrogen and oxygen atoms in total. The second kappa shape index (κ2) is 9.48. The first-order valence-electron chi connectivity index (χ1n) is 9.51. The number of carboxylic acids is 1. The van der Waals surface area contributed by atoms with Crippen molar-refractivity contribution in [3.8, 4) is 0 Å². The lowest BCUT2D eigenvalue weighted by atomic mass is 10.1. The zero-order chi connectivity index (χ0) is 19.1.